The van der Waals surface area contributed by atoms with E-state index in [2.05, 4.69) is 230 Å². The largest absolute Gasteiger partial charge is 0.308 e. The Morgan fingerprint density at radius 3 is 1.80 bits per heavy atom. The van der Waals surface area contributed by atoms with Crippen LogP contribution in [-0.4, -0.2) is 4.57 Å². The lowest BCUT2D eigenvalue weighted by atomic mass is 9.81. The summed E-state index contributed by atoms with van der Waals surface area (Å²) in [6.07, 6.45) is 0. The first-order valence-electron chi connectivity index (χ1n) is 20.6. The second kappa shape index (κ2) is 12.8. The van der Waals surface area contributed by atoms with E-state index in [1.165, 1.54) is 87.5 Å². The van der Waals surface area contributed by atoms with Gasteiger partial charge in [0, 0.05) is 33.2 Å². The number of aromatic nitrogens is 1. The Labute approximate surface area is 343 Å². The zero-order valence-electron chi connectivity index (χ0n) is 33.0. The number of rotatable bonds is 5. The fraction of sp³-hybridized carbons (Fsp3) is 0.0526. The van der Waals surface area contributed by atoms with E-state index in [0.29, 0.717) is 0 Å². The summed E-state index contributed by atoms with van der Waals surface area (Å²) >= 11 is 0. The normalized spacial score (nSPS) is 13.1. The first kappa shape index (κ1) is 33.7. The van der Waals surface area contributed by atoms with Gasteiger partial charge in [-0.1, -0.05) is 159 Å². The Morgan fingerprint density at radius 1 is 0.373 bits per heavy atom. The number of nitrogens with zero attached hydrogens (tertiary/aromatic N) is 2. The van der Waals surface area contributed by atoms with Crippen LogP contribution in [0.5, 0.6) is 0 Å². The molecule has 1 aromatic heterocycles. The molecule has 0 bridgehead atoms. The van der Waals surface area contributed by atoms with Crippen LogP contribution >= 0.6 is 0 Å². The fourth-order valence-corrected chi connectivity index (χ4v) is 10.1. The Kier molecular flexibility index (Phi) is 7.31. The summed E-state index contributed by atoms with van der Waals surface area (Å²) in [6, 6.07) is 76.4. The molecule has 2 nitrogen and oxygen atoms in total. The zero-order valence-corrected chi connectivity index (χ0v) is 33.0. The summed E-state index contributed by atoms with van der Waals surface area (Å²) in [5.41, 5.74) is 14.5. The van der Waals surface area contributed by atoms with E-state index in [-0.39, 0.29) is 5.41 Å². The number of fused-ring (bicyclic) bond motifs is 9. The minimum atomic E-state index is -0.196. The fourth-order valence-electron chi connectivity index (χ4n) is 10.1. The first-order chi connectivity index (χ1) is 29.0. The van der Waals surface area contributed by atoms with Gasteiger partial charge in [0.2, 0.25) is 0 Å². The quantitative estimate of drug-likeness (QED) is 0.170. The first-order valence-corrected chi connectivity index (χ1v) is 20.6. The summed E-state index contributed by atoms with van der Waals surface area (Å²) in [5.74, 6) is 0. The number of anilines is 3. The van der Waals surface area contributed by atoms with Crippen molar-refractivity contribution in [3.63, 3.8) is 0 Å². The SMILES string of the molecule is CC1(C)c2cc(N(c3cc(-c4cccc5ccccc45)c4ccccc4c3)c3cccc4c5ccccc5n(-c5ccccc5)c34)ccc2-c2cc3ccccc3cc21. The van der Waals surface area contributed by atoms with Crippen LogP contribution in [0.4, 0.5) is 17.1 Å². The molecule has 0 aliphatic heterocycles. The monoisotopic (exact) mass is 752 g/mol. The average molecular weight is 753 g/mol. The Bertz CT molecular complexity index is 3470. The van der Waals surface area contributed by atoms with Crippen LogP contribution in [-0.2, 0) is 5.41 Å². The zero-order chi connectivity index (χ0) is 39.2. The van der Waals surface area contributed by atoms with Crippen molar-refractivity contribution < 1.29 is 0 Å². The van der Waals surface area contributed by atoms with Gasteiger partial charge in [0.15, 0.2) is 0 Å². The van der Waals surface area contributed by atoms with E-state index in [0.717, 1.165) is 22.7 Å². The molecule has 0 N–H and O–H groups in total. The van der Waals surface area contributed by atoms with Crippen molar-refractivity contribution in [3.05, 3.63) is 217 Å². The van der Waals surface area contributed by atoms with Crippen molar-refractivity contribution in [2.24, 2.45) is 0 Å². The Balaban J connectivity index is 1.18. The molecular weight excluding hydrogens is 713 g/mol. The van der Waals surface area contributed by atoms with Gasteiger partial charge in [-0.15, -0.1) is 0 Å². The topological polar surface area (TPSA) is 8.17 Å². The van der Waals surface area contributed by atoms with Crippen molar-refractivity contribution in [1.82, 2.24) is 4.57 Å². The van der Waals surface area contributed by atoms with Gasteiger partial charge in [0.1, 0.15) is 0 Å². The molecule has 0 fully saturated rings. The van der Waals surface area contributed by atoms with Gasteiger partial charge >= 0.3 is 0 Å². The molecule has 278 valence electrons. The van der Waals surface area contributed by atoms with Gasteiger partial charge in [0.25, 0.3) is 0 Å². The molecule has 0 atom stereocenters. The van der Waals surface area contributed by atoms with Crippen LogP contribution in [0.1, 0.15) is 25.0 Å². The highest BCUT2D eigenvalue weighted by molar-refractivity contribution is 6.15. The summed E-state index contributed by atoms with van der Waals surface area (Å²) in [4.78, 5) is 2.53. The number of hydrogen-bond acceptors (Lipinski definition) is 1. The van der Waals surface area contributed by atoms with Crippen LogP contribution in [0.2, 0.25) is 0 Å². The third-order valence-electron chi connectivity index (χ3n) is 12.9. The minimum absolute atomic E-state index is 0.196. The van der Waals surface area contributed by atoms with Crippen molar-refractivity contribution >= 4 is 71.2 Å². The predicted octanol–water partition coefficient (Wildman–Crippen LogP) is 15.7. The third kappa shape index (κ3) is 5.06. The number of benzene rings is 10. The maximum Gasteiger partial charge on any atom is 0.0782 e. The highest BCUT2D eigenvalue weighted by Crippen LogP contribution is 2.53. The molecule has 10 aromatic carbocycles. The van der Waals surface area contributed by atoms with E-state index in [4.69, 9.17) is 0 Å². The van der Waals surface area contributed by atoms with Gasteiger partial charge in [-0.25, -0.2) is 0 Å². The standard InChI is InChI=1S/C57H40N2/c1-57(2)52-34-39-18-7-6-17-38(39)33-51(52)47-31-30-42(36-53(47)57)58(55-29-15-27-49-48-25-12-13-28-54(48)59(56(49)55)41-21-4-3-5-22-41)43-32-40-19-9-11-24-45(40)50(35-43)46-26-14-20-37-16-8-10-23-44(37)46/h3-36H,1-2H3. The summed E-state index contributed by atoms with van der Waals surface area (Å²) in [5, 5.41) is 9.95. The highest BCUT2D eigenvalue weighted by Gasteiger charge is 2.36. The van der Waals surface area contributed by atoms with Gasteiger partial charge in [-0.3, -0.25) is 0 Å². The minimum Gasteiger partial charge on any atom is -0.308 e. The van der Waals surface area contributed by atoms with E-state index in [9.17, 15) is 0 Å². The van der Waals surface area contributed by atoms with Crippen molar-refractivity contribution in [3.8, 4) is 27.9 Å². The molecule has 1 aliphatic rings. The van der Waals surface area contributed by atoms with Gasteiger partial charge in [0.05, 0.1) is 16.7 Å². The van der Waals surface area contributed by atoms with Crippen LogP contribution < -0.4 is 4.90 Å². The molecule has 0 radical (unpaired) electrons. The molecule has 0 spiro atoms. The molecule has 59 heavy (non-hydrogen) atoms. The van der Waals surface area contributed by atoms with Crippen LogP contribution in [0.15, 0.2) is 206 Å². The van der Waals surface area contributed by atoms with Gasteiger partial charge in [-0.05, 0) is 126 Å². The molecule has 2 heteroatoms. The van der Waals surface area contributed by atoms with E-state index < -0.39 is 0 Å². The second-order valence-electron chi connectivity index (χ2n) is 16.5. The molecule has 0 amide bonds. The Hall–Kier alpha value is -7.42. The molecular formula is C57H40N2. The number of para-hydroxylation sites is 3. The Morgan fingerprint density at radius 2 is 0.983 bits per heavy atom. The lowest BCUT2D eigenvalue weighted by Gasteiger charge is -2.30. The van der Waals surface area contributed by atoms with Crippen LogP contribution in [0.3, 0.4) is 0 Å². The van der Waals surface area contributed by atoms with E-state index in [1.807, 2.05) is 0 Å². The van der Waals surface area contributed by atoms with Crippen molar-refractivity contribution in [2.45, 2.75) is 19.3 Å². The summed E-state index contributed by atoms with van der Waals surface area (Å²) in [7, 11) is 0. The van der Waals surface area contributed by atoms with Crippen molar-refractivity contribution in [2.75, 3.05) is 4.90 Å². The van der Waals surface area contributed by atoms with E-state index >= 15 is 0 Å². The maximum absolute atomic E-state index is 2.53. The second-order valence-corrected chi connectivity index (χ2v) is 16.5. The van der Waals surface area contributed by atoms with Crippen molar-refractivity contribution in [1.29, 1.82) is 0 Å². The van der Waals surface area contributed by atoms with E-state index in [1.54, 1.807) is 0 Å². The van der Waals surface area contributed by atoms with Crippen LogP contribution in [0.25, 0.3) is 82.1 Å². The highest BCUT2D eigenvalue weighted by atomic mass is 15.2. The molecule has 12 rings (SSSR count). The molecule has 0 saturated carbocycles. The molecule has 0 saturated heterocycles. The summed E-state index contributed by atoms with van der Waals surface area (Å²) < 4.78 is 2.46. The molecule has 0 unspecified atom stereocenters. The summed E-state index contributed by atoms with van der Waals surface area (Å²) in [6.45, 7) is 4.78. The third-order valence-corrected chi connectivity index (χ3v) is 12.9. The molecule has 1 heterocycles. The van der Waals surface area contributed by atoms with Gasteiger partial charge < -0.3 is 9.47 Å². The lowest BCUT2D eigenvalue weighted by Crippen LogP contribution is -2.17. The maximum atomic E-state index is 2.53. The lowest BCUT2D eigenvalue weighted by molar-refractivity contribution is 0.661. The van der Waals surface area contributed by atoms with Gasteiger partial charge in [-0.2, -0.15) is 0 Å². The van der Waals surface area contributed by atoms with Crippen LogP contribution in [0, 0.1) is 0 Å². The predicted molar refractivity (Wildman–Crippen MR) is 251 cm³/mol. The smallest absolute Gasteiger partial charge is 0.0782 e. The molecule has 11 aromatic rings. The number of hydrogen-bond donors (Lipinski definition) is 0. The molecule has 1 aliphatic carbocycles. The average Bonchev–Trinajstić information content (AvgIpc) is 3.74.